The van der Waals surface area contributed by atoms with Gasteiger partial charge in [0, 0.05) is 20.3 Å². The number of amides is 2. The fourth-order valence-corrected chi connectivity index (χ4v) is 1.64. The third-order valence-corrected chi connectivity index (χ3v) is 2.90. The molecule has 2 amide bonds. The van der Waals surface area contributed by atoms with Crippen molar-refractivity contribution in [1.82, 2.24) is 19.8 Å². The van der Waals surface area contributed by atoms with Crippen LogP contribution < -0.4 is 22.5 Å². The van der Waals surface area contributed by atoms with E-state index >= 15 is 0 Å². The van der Waals surface area contributed by atoms with E-state index in [2.05, 4.69) is 20.3 Å². The van der Waals surface area contributed by atoms with Gasteiger partial charge in [0.15, 0.2) is 0 Å². The number of hydrogen-bond donors (Lipinski definition) is 3. The Hall–Kier alpha value is -3.17. The van der Waals surface area contributed by atoms with E-state index in [0.717, 1.165) is 0 Å². The minimum absolute atomic E-state index is 0.262. The maximum absolute atomic E-state index is 11.1. The molecule has 5 N–H and O–H groups in total. The molecule has 2 aliphatic rings. The third-order valence-electron chi connectivity index (χ3n) is 2.90. The summed E-state index contributed by atoms with van der Waals surface area (Å²) < 4.78 is 1.36. The lowest BCUT2D eigenvalue weighted by atomic mass is 10.2. The minimum atomic E-state index is -0.445. The number of nitrogens with two attached hydrogens (primary N) is 2. The van der Waals surface area contributed by atoms with Gasteiger partial charge in [0.2, 0.25) is 0 Å². The highest BCUT2D eigenvalue weighted by molar-refractivity contribution is 6.02. The predicted octanol–water partition coefficient (Wildman–Crippen LogP) is -0.0116. The molecular formula is C14H22N8O2. The summed E-state index contributed by atoms with van der Waals surface area (Å²) in [5.74, 6) is 1.20. The van der Waals surface area contributed by atoms with Crippen molar-refractivity contribution in [2.75, 3.05) is 12.8 Å². The van der Waals surface area contributed by atoms with Crippen molar-refractivity contribution >= 4 is 24.0 Å². The number of urea groups is 1. The average Bonchev–Trinajstić information content (AvgIpc) is 2.67. The van der Waals surface area contributed by atoms with Crippen LogP contribution >= 0.6 is 0 Å². The Morgan fingerprint density at radius 2 is 1.88 bits per heavy atom. The zero-order chi connectivity index (χ0) is 18.3. The third kappa shape index (κ3) is 4.93. The summed E-state index contributed by atoms with van der Waals surface area (Å²) in [5, 5.41) is 2.42. The number of hydrogen-bond acceptors (Lipinski definition) is 7. The normalized spacial score (nSPS) is 15.2. The Balaban J connectivity index is 0.000000230. The fraction of sp³-hybridized carbons (Fsp3) is 0.357. The number of aryl methyl sites for hydroxylation is 1. The van der Waals surface area contributed by atoms with Crippen LogP contribution in [0.4, 0.5) is 10.6 Å². The van der Waals surface area contributed by atoms with Crippen LogP contribution in [0.2, 0.25) is 0 Å². The first kappa shape index (κ1) is 18.9. The number of amidine groups is 1. The monoisotopic (exact) mass is 334 g/mol. The molecule has 0 saturated heterocycles. The van der Waals surface area contributed by atoms with E-state index in [1.807, 2.05) is 13.8 Å². The van der Waals surface area contributed by atoms with Crippen molar-refractivity contribution in [3.8, 4) is 0 Å². The molecule has 0 aromatic carbocycles. The van der Waals surface area contributed by atoms with Crippen LogP contribution in [0.25, 0.3) is 0 Å². The highest BCUT2D eigenvalue weighted by atomic mass is 16.2. The van der Waals surface area contributed by atoms with E-state index < -0.39 is 6.03 Å². The SMILES string of the molecule is CC.CN1C=NC2=C(N)NC(=O)N=C1C2.Cn1ccc(N)nc1=O. The number of anilines is 1. The lowest BCUT2D eigenvalue weighted by Crippen LogP contribution is -2.29. The van der Waals surface area contributed by atoms with E-state index in [9.17, 15) is 9.59 Å². The van der Waals surface area contributed by atoms with Crippen molar-refractivity contribution in [1.29, 1.82) is 0 Å². The van der Waals surface area contributed by atoms with Gasteiger partial charge in [-0.15, -0.1) is 0 Å². The summed E-state index contributed by atoms with van der Waals surface area (Å²) in [6.07, 6.45) is 3.66. The van der Waals surface area contributed by atoms with Crippen LogP contribution in [0.15, 0.2) is 38.6 Å². The summed E-state index contributed by atoms with van der Waals surface area (Å²) in [6.45, 7) is 4.00. The number of nitrogen functional groups attached to an aromatic ring is 1. The van der Waals surface area contributed by atoms with Gasteiger partial charge in [0.05, 0.1) is 18.5 Å². The van der Waals surface area contributed by atoms with Crippen LogP contribution in [-0.2, 0) is 7.05 Å². The lowest BCUT2D eigenvalue weighted by Gasteiger charge is -2.19. The number of nitrogens with zero attached hydrogens (tertiary/aromatic N) is 5. The van der Waals surface area contributed by atoms with Crippen LogP contribution in [0.3, 0.4) is 0 Å². The Morgan fingerprint density at radius 3 is 2.46 bits per heavy atom. The summed E-state index contributed by atoms with van der Waals surface area (Å²) in [5.41, 5.74) is 11.1. The zero-order valence-electron chi connectivity index (χ0n) is 14.1. The molecule has 3 rings (SSSR count). The van der Waals surface area contributed by atoms with Crippen molar-refractivity contribution < 1.29 is 4.79 Å². The Labute approximate surface area is 139 Å². The number of carbonyl (C=O) groups excluding carboxylic acids is 1. The van der Waals surface area contributed by atoms with Crippen molar-refractivity contribution in [2.24, 2.45) is 22.8 Å². The van der Waals surface area contributed by atoms with Crippen molar-refractivity contribution in [2.45, 2.75) is 20.3 Å². The van der Waals surface area contributed by atoms with Crippen molar-refractivity contribution in [3.05, 3.63) is 34.3 Å². The van der Waals surface area contributed by atoms with Crippen LogP contribution in [-0.4, -0.2) is 39.7 Å². The average molecular weight is 334 g/mol. The molecule has 10 heteroatoms. The minimum Gasteiger partial charge on any atom is -0.384 e. The van der Waals surface area contributed by atoms with Crippen LogP contribution in [0.5, 0.6) is 0 Å². The van der Waals surface area contributed by atoms with Crippen LogP contribution in [0, 0.1) is 0 Å². The van der Waals surface area contributed by atoms with Gasteiger partial charge in [0.1, 0.15) is 17.5 Å². The van der Waals surface area contributed by atoms with Gasteiger partial charge in [0.25, 0.3) is 0 Å². The summed E-state index contributed by atoms with van der Waals surface area (Å²) in [4.78, 5) is 34.7. The second-order valence-electron chi connectivity index (χ2n) is 4.60. The molecule has 130 valence electrons. The van der Waals surface area contributed by atoms with Gasteiger partial charge in [-0.25, -0.2) is 14.6 Å². The molecule has 1 aromatic rings. The maximum Gasteiger partial charge on any atom is 0.349 e. The predicted molar refractivity (Wildman–Crippen MR) is 93.3 cm³/mol. The molecule has 0 unspecified atom stereocenters. The standard InChI is InChI=1S/C7H9N5O.C5H7N3O.C2H6/c1-12-3-9-4-2-5(12)10-7(13)11-6(4)8;1-8-3-2-4(6)7-5(8)9;1-2/h3H,2,8H2,1H3,(H,11,13);2-3H,1H3,(H2,6,7,9);1-2H3. The Kier molecular flexibility index (Phi) is 6.65. The summed E-state index contributed by atoms with van der Waals surface area (Å²) >= 11 is 0. The Morgan fingerprint density at radius 1 is 1.21 bits per heavy atom. The number of aromatic nitrogens is 2. The maximum atomic E-state index is 11.1. The van der Waals surface area contributed by atoms with E-state index in [1.54, 1.807) is 37.6 Å². The molecular weight excluding hydrogens is 312 g/mol. The van der Waals surface area contributed by atoms with Gasteiger partial charge in [-0.2, -0.15) is 9.98 Å². The van der Waals surface area contributed by atoms with Gasteiger partial charge >= 0.3 is 11.7 Å². The molecule has 1 aromatic heterocycles. The molecule has 10 nitrogen and oxygen atoms in total. The van der Waals surface area contributed by atoms with E-state index in [4.69, 9.17) is 11.5 Å². The van der Waals surface area contributed by atoms with Gasteiger partial charge in [-0.05, 0) is 6.07 Å². The summed E-state index contributed by atoms with van der Waals surface area (Å²) in [6, 6.07) is 1.13. The molecule has 0 fully saturated rings. The van der Waals surface area contributed by atoms with Gasteiger partial charge < -0.3 is 20.9 Å². The number of rotatable bonds is 0. The fourth-order valence-electron chi connectivity index (χ4n) is 1.64. The number of carbonyl (C=O) groups is 1. The molecule has 0 spiro atoms. The first-order chi connectivity index (χ1) is 11.4. The molecule has 0 radical (unpaired) electrons. The first-order valence-corrected chi connectivity index (χ1v) is 7.30. The number of aliphatic imine (C=N–C) groups is 2. The quantitative estimate of drug-likeness (QED) is 0.608. The number of nitrogens with one attached hydrogen (secondary N) is 1. The topological polar surface area (TPSA) is 144 Å². The van der Waals surface area contributed by atoms with Crippen molar-refractivity contribution in [3.63, 3.8) is 0 Å². The number of fused-ring (bicyclic) bond motifs is 2. The second-order valence-corrected chi connectivity index (χ2v) is 4.60. The van der Waals surface area contributed by atoms with Crippen LogP contribution in [0.1, 0.15) is 20.3 Å². The first-order valence-electron chi connectivity index (χ1n) is 7.30. The molecule has 0 aliphatic carbocycles. The summed E-state index contributed by atoms with van der Waals surface area (Å²) in [7, 11) is 3.41. The lowest BCUT2D eigenvalue weighted by molar-refractivity contribution is 0.251. The molecule has 3 heterocycles. The van der Waals surface area contributed by atoms with E-state index in [-0.39, 0.29) is 17.3 Å². The largest absolute Gasteiger partial charge is 0.384 e. The van der Waals surface area contributed by atoms with E-state index in [0.29, 0.717) is 18.0 Å². The highest BCUT2D eigenvalue weighted by Gasteiger charge is 2.20. The Bertz CT molecular complexity index is 747. The smallest absolute Gasteiger partial charge is 0.349 e. The van der Waals surface area contributed by atoms with Gasteiger partial charge in [-0.3, -0.25) is 5.32 Å². The molecule has 0 saturated carbocycles. The zero-order valence-corrected chi connectivity index (χ0v) is 14.1. The van der Waals surface area contributed by atoms with E-state index in [1.165, 1.54) is 4.57 Å². The molecule has 2 bridgehead atoms. The molecule has 0 atom stereocenters. The second kappa shape index (κ2) is 8.46. The highest BCUT2D eigenvalue weighted by Crippen LogP contribution is 2.15. The van der Waals surface area contributed by atoms with Gasteiger partial charge in [-0.1, -0.05) is 13.8 Å². The molecule has 2 aliphatic heterocycles. The molecule has 24 heavy (non-hydrogen) atoms.